The van der Waals surface area contributed by atoms with Crippen LogP contribution in [0.5, 0.6) is 0 Å². The summed E-state index contributed by atoms with van der Waals surface area (Å²) >= 11 is 0. The van der Waals surface area contributed by atoms with Gasteiger partial charge in [-0.1, -0.05) is 0 Å². The third-order valence-electron chi connectivity index (χ3n) is 3.96. The van der Waals surface area contributed by atoms with Crippen LogP contribution in [0.25, 0.3) is 11.2 Å². The summed E-state index contributed by atoms with van der Waals surface area (Å²) in [6, 6.07) is -0.497. The van der Waals surface area contributed by atoms with Crippen LogP contribution >= 0.6 is 0 Å². The van der Waals surface area contributed by atoms with Crippen molar-refractivity contribution in [1.29, 1.82) is 0 Å². The molecule has 7 nitrogen and oxygen atoms in total. The van der Waals surface area contributed by atoms with Crippen LogP contribution in [0.4, 0.5) is 10.3 Å². The van der Waals surface area contributed by atoms with Gasteiger partial charge < -0.3 is 15.4 Å². The highest BCUT2D eigenvalue weighted by Gasteiger charge is 2.53. The van der Waals surface area contributed by atoms with Crippen LogP contribution in [0.1, 0.15) is 19.4 Å². The molecule has 102 valence electrons. The second kappa shape index (κ2) is 3.77. The van der Waals surface area contributed by atoms with Gasteiger partial charge in [0.05, 0.1) is 12.4 Å². The van der Waals surface area contributed by atoms with Crippen molar-refractivity contribution >= 4 is 17.1 Å². The minimum Gasteiger partial charge on any atom is -0.396 e. The van der Waals surface area contributed by atoms with E-state index in [0.717, 1.165) is 0 Å². The van der Waals surface area contributed by atoms with Gasteiger partial charge >= 0.3 is 0 Å². The summed E-state index contributed by atoms with van der Waals surface area (Å²) < 4.78 is 16.0. The predicted octanol–water partition coefficient (Wildman–Crippen LogP) is -0.0167. The van der Waals surface area contributed by atoms with Crippen LogP contribution in [0.3, 0.4) is 0 Å². The van der Waals surface area contributed by atoms with Crippen molar-refractivity contribution in [2.45, 2.75) is 25.1 Å². The van der Waals surface area contributed by atoms with Gasteiger partial charge in [-0.2, -0.15) is 4.98 Å². The van der Waals surface area contributed by atoms with Gasteiger partial charge in [0.2, 0.25) is 5.95 Å². The molecule has 1 aliphatic rings. The van der Waals surface area contributed by atoms with Crippen LogP contribution in [0, 0.1) is 5.92 Å². The van der Waals surface area contributed by atoms with Gasteiger partial charge in [0.15, 0.2) is 11.2 Å². The minimum absolute atomic E-state index is 0.0298. The molecule has 0 spiro atoms. The molecule has 0 radical (unpaired) electrons. The van der Waals surface area contributed by atoms with Crippen LogP contribution in [0.2, 0.25) is 0 Å². The Labute approximate surface area is 107 Å². The summed E-state index contributed by atoms with van der Waals surface area (Å²) in [6.07, 6.45) is 1.87. The molecule has 0 bridgehead atoms. The molecular formula is C11H14FN5O2. The number of fused-ring (bicyclic) bond motifs is 1. The summed E-state index contributed by atoms with van der Waals surface area (Å²) in [6.45, 7) is 1.23. The molecular weight excluding hydrogens is 253 g/mol. The fraction of sp³-hybridized carbons (Fsp3) is 0.545. The number of nitrogens with zero attached hydrogens (tertiary/aromatic N) is 3. The summed E-state index contributed by atoms with van der Waals surface area (Å²) in [4.78, 5) is 21.9. The van der Waals surface area contributed by atoms with Gasteiger partial charge in [-0.3, -0.25) is 9.78 Å². The van der Waals surface area contributed by atoms with Crippen LogP contribution < -0.4 is 11.3 Å². The molecule has 4 N–H and O–H groups in total. The van der Waals surface area contributed by atoms with Crippen molar-refractivity contribution in [3.05, 3.63) is 16.7 Å². The Morgan fingerprint density at radius 1 is 1.74 bits per heavy atom. The first-order chi connectivity index (χ1) is 8.95. The maximum absolute atomic E-state index is 14.5. The number of imidazole rings is 1. The second-order valence-corrected chi connectivity index (χ2v) is 5.06. The van der Waals surface area contributed by atoms with E-state index in [1.165, 1.54) is 17.8 Å². The maximum atomic E-state index is 14.5. The number of aliphatic hydroxyl groups is 1. The van der Waals surface area contributed by atoms with E-state index in [4.69, 9.17) is 10.8 Å². The standard InChI is InChI=1S/C11H14FN5O2/c1-11(12)5(3-18)2-6(11)17-4-14-7-8(17)15-10(13)16-9(7)19/h4-6,18H,2-3H2,1H3,(H3,13,15,16,19)/t5-,6-,11+/m1/s1. The lowest BCUT2D eigenvalue weighted by Gasteiger charge is -2.47. The number of H-pyrrole nitrogens is 1. The highest BCUT2D eigenvalue weighted by Crippen LogP contribution is 2.50. The van der Waals surface area contributed by atoms with Gasteiger partial charge in [-0.05, 0) is 13.3 Å². The normalized spacial score (nSPS) is 30.5. The Balaban J connectivity index is 2.11. The Hall–Kier alpha value is -1.96. The molecule has 0 aromatic carbocycles. The van der Waals surface area contributed by atoms with Gasteiger partial charge in [0, 0.05) is 12.5 Å². The summed E-state index contributed by atoms with van der Waals surface area (Å²) in [5.74, 6) is -0.438. The van der Waals surface area contributed by atoms with Crippen molar-refractivity contribution in [2.75, 3.05) is 12.3 Å². The number of nitrogen functional groups attached to an aromatic ring is 1. The number of anilines is 1. The van der Waals surface area contributed by atoms with Gasteiger partial charge in [-0.15, -0.1) is 0 Å². The molecule has 1 saturated carbocycles. The third kappa shape index (κ3) is 1.56. The number of aromatic nitrogens is 4. The number of hydrogen-bond acceptors (Lipinski definition) is 5. The third-order valence-corrected chi connectivity index (χ3v) is 3.96. The average Bonchev–Trinajstić information content (AvgIpc) is 2.72. The Morgan fingerprint density at radius 3 is 3.11 bits per heavy atom. The Bertz CT molecular complexity index is 692. The SMILES string of the molecule is C[C@]1(F)[C@@H](CO)C[C@H]1n1cnc2c(=O)[nH]c(N)nc21. The highest BCUT2D eigenvalue weighted by molar-refractivity contribution is 5.70. The summed E-state index contributed by atoms with van der Waals surface area (Å²) in [7, 11) is 0. The van der Waals surface area contributed by atoms with E-state index in [2.05, 4.69) is 15.0 Å². The van der Waals surface area contributed by atoms with Crippen LogP contribution in [-0.4, -0.2) is 36.9 Å². The zero-order valence-corrected chi connectivity index (χ0v) is 10.3. The molecule has 0 saturated heterocycles. The molecule has 1 fully saturated rings. The monoisotopic (exact) mass is 267 g/mol. The van der Waals surface area contributed by atoms with E-state index < -0.39 is 23.2 Å². The molecule has 3 atom stereocenters. The van der Waals surface area contributed by atoms with Crippen LogP contribution in [-0.2, 0) is 0 Å². The molecule has 3 rings (SSSR count). The largest absolute Gasteiger partial charge is 0.396 e. The van der Waals surface area contributed by atoms with E-state index in [1.54, 1.807) is 0 Å². The first-order valence-corrected chi connectivity index (χ1v) is 5.97. The molecule has 2 heterocycles. The lowest BCUT2D eigenvalue weighted by molar-refractivity contribution is -0.0809. The van der Waals surface area contributed by atoms with Crippen molar-refractivity contribution in [1.82, 2.24) is 19.5 Å². The lowest BCUT2D eigenvalue weighted by Crippen LogP contribution is -2.52. The highest BCUT2D eigenvalue weighted by atomic mass is 19.1. The topological polar surface area (TPSA) is 110 Å². The van der Waals surface area contributed by atoms with E-state index in [-0.39, 0.29) is 23.7 Å². The molecule has 0 amide bonds. The number of rotatable bonds is 2. The number of halogens is 1. The fourth-order valence-electron chi connectivity index (χ4n) is 2.65. The minimum atomic E-state index is -1.55. The van der Waals surface area contributed by atoms with Gasteiger partial charge in [0.1, 0.15) is 5.67 Å². The molecule has 19 heavy (non-hydrogen) atoms. The molecule has 0 aliphatic heterocycles. The van der Waals surface area contributed by atoms with Gasteiger partial charge in [0.25, 0.3) is 5.56 Å². The number of alkyl halides is 1. The quantitative estimate of drug-likeness (QED) is 0.708. The number of nitrogens with two attached hydrogens (primary N) is 1. The van der Waals surface area contributed by atoms with Crippen molar-refractivity contribution in [3.8, 4) is 0 Å². The first-order valence-electron chi connectivity index (χ1n) is 5.97. The van der Waals surface area contributed by atoms with E-state index in [0.29, 0.717) is 6.42 Å². The maximum Gasteiger partial charge on any atom is 0.280 e. The van der Waals surface area contributed by atoms with E-state index >= 15 is 0 Å². The number of aliphatic hydroxyl groups excluding tert-OH is 1. The number of nitrogens with one attached hydrogen (secondary N) is 1. The molecule has 2 aromatic rings. The van der Waals surface area contributed by atoms with Crippen molar-refractivity contribution in [2.24, 2.45) is 5.92 Å². The zero-order valence-electron chi connectivity index (χ0n) is 10.3. The fourth-order valence-corrected chi connectivity index (χ4v) is 2.65. The summed E-state index contributed by atoms with van der Waals surface area (Å²) in [5.41, 5.74) is 3.90. The zero-order chi connectivity index (χ0) is 13.8. The van der Waals surface area contributed by atoms with E-state index in [9.17, 15) is 9.18 Å². The lowest BCUT2D eigenvalue weighted by atomic mass is 9.68. The Morgan fingerprint density at radius 2 is 2.47 bits per heavy atom. The molecule has 8 heteroatoms. The summed E-state index contributed by atoms with van der Waals surface area (Å²) in [5, 5.41) is 9.08. The molecule has 1 aliphatic carbocycles. The Kier molecular flexibility index (Phi) is 2.40. The smallest absolute Gasteiger partial charge is 0.280 e. The number of aromatic amines is 1. The van der Waals surface area contributed by atoms with Crippen LogP contribution in [0.15, 0.2) is 11.1 Å². The number of hydrogen-bond donors (Lipinski definition) is 3. The van der Waals surface area contributed by atoms with Crippen molar-refractivity contribution in [3.63, 3.8) is 0 Å². The van der Waals surface area contributed by atoms with Crippen molar-refractivity contribution < 1.29 is 9.50 Å². The first kappa shape index (κ1) is 12.1. The van der Waals surface area contributed by atoms with Gasteiger partial charge in [-0.25, -0.2) is 9.37 Å². The predicted molar refractivity (Wildman–Crippen MR) is 66.3 cm³/mol. The molecule has 0 unspecified atom stereocenters. The van der Waals surface area contributed by atoms with E-state index in [1.807, 2.05) is 0 Å². The average molecular weight is 267 g/mol. The second-order valence-electron chi connectivity index (χ2n) is 5.06. The molecule has 2 aromatic heterocycles.